The number of nitrogens with zero attached hydrogens (tertiary/aromatic N) is 2. The molecule has 0 atom stereocenters. The highest BCUT2D eigenvalue weighted by Crippen LogP contribution is 2.68. The average molecular weight is 291 g/mol. The predicted octanol–water partition coefficient (Wildman–Crippen LogP) is 3.29. The van der Waals surface area contributed by atoms with Crippen molar-refractivity contribution in [3.05, 3.63) is 11.4 Å². The molecule has 1 aromatic heterocycles. The Hall–Kier alpha value is -1.36. The second kappa shape index (κ2) is 5.13. The molecule has 1 aliphatic carbocycles. The van der Waals surface area contributed by atoms with E-state index in [1.54, 1.807) is 0 Å². The maximum Gasteiger partial charge on any atom is 0.148 e. The summed E-state index contributed by atoms with van der Waals surface area (Å²) >= 11 is 0. The number of anilines is 2. The lowest BCUT2D eigenvalue weighted by Crippen LogP contribution is -2.17. The van der Waals surface area contributed by atoms with Gasteiger partial charge >= 0.3 is 0 Å². The second-order valence-corrected chi connectivity index (χ2v) is 7.58. The van der Waals surface area contributed by atoms with Crippen LogP contribution in [0, 0.1) is 23.7 Å². The Morgan fingerprint density at radius 1 is 1.10 bits per heavy atom. The van der Waals surface area contributed by atoms with Gasteiger partial charge in [-0.2, -0.15) is 0 Å². The molecule has 118 valence electrons. The minimum atomic E-state index is 0.270. The van der Waals surface area contributed by atoms with E-state index in [0.29, 0.717) is 22.6 Å². The monoisotopic (exact) mass is 291 g/mol. The van der Waals surface area contributed by atoms with Crippen molar-refractivity contribution in [2.24, 2.45) is 22.6 Å². The molecule has 4 N–H and O–H groups in total. The first-order valence-corrected chi connectivity index (χ1v) is 7.72. The highest BCUT2D eigenvalue weighted by Gasteiger charge is 2.64. The Morgan fingerprint density at radius 2 is 1.62 bits per heavy atom. The van der Waals surface area contributed by atoms with Crippen molar-refractivity contribution >= 4 is 11.6 Å². The van der Waals surface area contributed by atoms with Crippen LogP contribution in [0.25, 0.3) is 0 Å². The van der Waals surface area contributed by atoms with E-state index in [-0.39, 0.29) is 5.92 Å². The molecule has 21 heavy (non-hydrogen) atoms. The number of nitrogens with two attached hydrogens (primary N) is 1. The van der Waals surface area contributed by atoms with E-state index in [1.807, 2.05) is 6.92 Å². The first-order chi connectivity index (χ1) is 9.62. The predicted molar refractivity (Wildman–Crippen MR) is 88.2 cm³/mol. The van der Waals surface area contributed by atoms with Crippen molar-refractivity contribution in [2.75, 3.05) is 17.3 Å². The summed E-state index contributed by atoms with van der Waals surface area (Å²) in [5.74, 6) is 8.89. The van der Waals surface area contributed by atoms with Gasteiger partial charge in [0.1, 0.15) is 17.5 Å². The third-order valence-corrected chi connectivity index (χ3v) is 5.61. The van der Waals surface area contributed by atoms with Gasteiger partial charge < -0.3 is 10.7 Å². The van der Waals surface area contributed by atoms with Crippen molar-refractivity contribution in [2.45, 2.75) is 54.4 Å². The number of aromatic nitrogens is 2. The van der Waals surface area contributed by atoms with E-state index in [2.05, 4.69) is 62.3 Å². The Labute approximate surface area is 128 Å². The molecule has 0 radical (unpaired) electrons. The standard InChI is InChI=1S/C16H29N5/c1-9(2)12-19-13(10(3)14(20-12)21-17)18-8-11-15(4,5)16(11,6)7/h9,11H,8,17H2,1-7H3,(H2,18,19,20,21). The largest absolute Gasteiger partial charge is 0.369 e. The molecule has 5 heteroatoms. The highest BCUT2D eigenvalue weighted by molar-refractivity contribution is 5.57. The van der Waals surface area contributed by atoms with Crippen molar-refractivity contribution in [3.63, 3.8) is 0 Å². The first-order valence-electron chi connectivity index (χ1n) is 7.72. The van der Waals surface area contributed by atoms with Gasteiger partial charge in [0.2, 0.25) is 0 Å². The van der Waals surface area contributed by atoms with Crippen LogP contribution in [0.1, 0.15) is 58.8 Å². The van der Waals surface area contributed by atoms with Crippen LogP contribution in [-0.4, -0.2) is 16.5 Å². The molecular weight excluding hydrogens is 262 g/mol. The fourth-order valence-electron chi connectivity index (χ4n) is 3.15. The first kappa shape index (κ1) is 16.0. The molecule has 0 unspecified atom stereocenters. The number of hydrazine groups is 1. The lowest BCUT2D eigenvalue weighted by molar-refractivity contribution is 0.457. The highest BCUT2D eigenvalue weighted by atomic mass is 15.3. The number of hydrogen-bond acceptors (Lipinski definition) is 5. The van der Waals surface area contributed by atoms with Gasteiger partial charge in [0, 0.05) is 18.0 Å². The fraction of sp³-hybridized carbons (Fsp3) is 0.750. The van der Waals surface area contributed by atoms with Gasteiger partial charge in [-0.3, -0.25) is 0 Å². The van der Waals surface area contributed by atoms with Crippen molar-refractivity contribution < 1.29 is 0 Å². The van der Waals surface area contributed by atoms with E-state index >= 15 is 0 Å². The number of nitrogen functional groups attached to an aromatic ring is 1. The second-order valence-electron chi connectivity index (χ2n) is 7.58. The summed E-state index contributed by atoms with van der Waals surface area (Å²) in [6.45, 7) is 16.4. The molecule has 0 bridgehead atoms. The molecule has 0 amide bonds. The SMILES string of the molecule is Cc1c(NN)nc(C(C)C)nc1NCC1C(C)(C)C1(C)C. The summed E-state index contributed by atoms with van der Waals surface area (Å²) in [5, 5.41) is 3.51. The third kappa shape index (κ3) is 2.59. The molecule has 0 aromatic carbocycles. The summed E-state index contributed by atoms with van der Waals surface area (Å²) < 4.78 is 0. The third-order valence-electron chi connectivity index (χ3n) is 5.61. The van der Waals surface area contributed by atoms with Crippen molar-refractivity contribution in [1.29, 1.82) is 0 Å². The van der Waals surface area contributed by atoms with E-state index in [1.165, 1.54) is 0 Å². The number of rotatable bonds is 5. The molecule has 1 fully saturated rings. The molecule has 5 nitrogen and oxygen atoms in total. The summed E-state index contributed by atoms with van der Waals surface area (Å²) in [6, 6.07) is 0. The van der Waals surface area contributed by atoms with Gasteiger partial charge in [0.15, 0.2) is 0 Å². The minimum Gasteiger partial charge on any atom is -0.369 e. The minimum absolute atomic E-state index is 0.270. The molecule has 2 rings (SSSR count). The quantitative estimate of drug-likeness (QED) is 0.573. The molecular formula is C16H29N5. The summed E-state index contributed by atoms with van der Waals surface area (Å²) in [4.78, 5) is 9.12. The molecule has 1 saturated carbocycles. The number of nitrogens with one attached hydrogen (secondary N) is 2. The van der Waals surface area contributed by atoms with Crippen molar-refractivity contribution in [3.8, 4) is 0 Å². The summed E-state index contributed by atoms with van der Waals surface area (Å²) in [7, 11) is 0. The Morgan fingerprint density at radius 3 is 2.05 bits per heavy atom. The molecule has 0 saturated heterocycles. The summed E-state index contributed by atoms with van der Waals surface area (Å²) in [6.07, 6.45) is 0. The fourth-order valence-corrected chi connectivity index (χ4v) is 3.15. The van der Waals surface area contributed by atoms with Gasteiger partial charge in [-0.05, 0) is 23.7 Å². The smallest absolute Gasteiger partial charge is 0.148 e. The summed E-state index contributed by atoms with van der Waals surface area (Å²) in [5.41, 5.74) is 4.39. The van der Waals surface area contributed by atoms with Gasteiger partial charge in [0.25, 0.3) is 0 Å². The molecule has 1 aliphatic rings. The van der Waals surface area contributed by atoms with Crippen LogP contribution >= 0.6 is 0 Å². The van der Waals surface area contributed by atoms with Gasteiger partial charge in [-0.25, -0.2) is 15.8 Å². The molecule has 0 spiro atoms. The molecule has 0 aliphatic heterocycles. The lowest BCUT2D eigenvalue weighted by atomic mass is 10.0. The maximum atomic E-state index is 5.57. The van der Waals surface area contributed by atoms with E-state index in [4.69, 9.17) is 5.84 Å². The van der Waals surface area contributed by atoms with Crippen LogP contribution in [0.5, 0.6) is 0 Å². The van der Waals surface area contributed by atoms with Gasteiger partial charge in [-0.15, -0.1) is 0 Å². The number of hydrogen-bond donors (Lipinski definition) is 3. The van der Waals surface area contributed by atoms with Gasteiger partial charge in [0.05, 0.1) is 0 Å². The van der Waals surface area contributed by atoms with Gasteiger partial charge in [-0.1, -0.05) is 41.5 Å². The zero-order chi connectivity index (χ0) is 16.0. The van der Waals surface area contributed by atoms with E-state index in [0.717, 1.165) is 23.8 Å². The van der Waals surface area contributed by atoms with Crippen LogP contribution in [0.4, 0.5) is 11.6 Å². The van der Waals surface area contributed by atoms with Crippen LogP contribution in [0.15, 0.2) is 0 Å². The Bertz CT molecular complexity index is 520. The van der Waals surface area contributed by atoms with E-state index in [9.17, 15) is 0 Å². The lowest BCUT2D eigenvalue weighted by Gasteiger charge is -2.15. The normalized spacial score (nSPS) is 19.7. The zero-order valence-electron chi connectivity index (χ0n) is 14.3. The zero-order valence-corrected chi connectivity index (χ0v) is 14.3. The van der Waals surface area contributed by atoms with Crippen LogP contribution < -0.4 is 16.6 Å². The topological polar surface area (TPSA) is 75.9 Å². The van der Waals surface area contributed by atoms with E-state index < -0.39 is 0 Å². The van der Waals surface area contributed by atoms with Crippen LogP contribution in [0.2, 0.25) is 0 Å². The Kier molecular flexibility index (Phi) is 3.91. The van der Waals surface area contributed by atoms with Crippen LogP contribution in [-0.2, 0) is 0 Å². The molecule has 1 heterocycles. The van der Waals surface area contributed by atoms with Crippen LogP contribution in [0.3, 0.4) is 0 Å². The van der Waals surface area contributed by atoms with Crippen molar-refractivity contribution in [1.82, 2.24) is 9.97 Å². The Balaban J connectivity index is 2.19. The molecule has 1 aromatic rings. The average Bonchev–Trinajstić information content (AvgIpc) is 2.78. The maximum absolute atomic E-state index is 5.57.